The number of alkyl halides is 3. The van der Waals surface area contributed by atoms with Gasteiger partial charge >= 0.3 is 6.36 Å². The Hall–Kier alpha value is -1.08. The predicted molar refractivity (Wildman–Crippen MR) is 47.0 cm³/mol. The summed E-state index contributed by atoms with van der Waals surface area (Å²) in [5.41, 5.74) is 0.921. The van der Waals surface area contributed by atoms with Crippen molar-refractivity contribution in [2.75, 3.05) is 13.7 Å². The molecule has 1 N–H and O–H groups in total. The Labute approximate surface area is 85.0 Å². The molecule has 1 heterocycles. The van der Waals surface area contributed by atoms with E-state index in [0.29, 0.717) is 6.54 Å². The highest BCUT2D eigenvalue weighted by Gasteiger charge is 2.28. The molecule has 0 bridgehead atoms. The van der Waals surface area contributed by atoms with E-state index in [1.807, 2.05) is 0 Å². The Morgan fingerprint density at radius 1 is 1.53 bits per heavy atom. The molecule has 0 aliphatic rings. The van der Waals surface area contributed by atoms with E-state index >= 15 is 0 Å². The molecule has 86 valence electrons. The average molecular weight is 223 g/mol. The molecular formula is C8H12F3N3O. The molecule has 1 aromatic rings. The summed E-state index contributed by atoms with van der Waals surface area (Å²) >= 11 is 0. The highest BCUT2D eigenvalue weighted by atomic mass is 19.4. The number of nitrogens with zero attached hydrogens (tertiary/aromatic N) is 2. The molecule has 0 saturated heterocycles. The number of nitrogens with one attached hydrogen (secondary N) is 1. The largest absolute Gasteiger partial charge is 0.522 e. The summed E-state index contributed by atoms with van der Waals surface area (Å²) in [6, 6.07) is 0. The van der Waals surface area contributed by atoms with Gasteiger partial charge in [0, 0.05) is 18.3 Å². The predicted octanol–water partition coefficient (Wildman–Crippen LogP) is 1.14. The minimum absolute atomic E-state index is 0.0865. The van der Waals surface area contributed by atoms with Gasteiger partial charge in [-0.1, -0.05) is 0 Å². The summed E-state index contributed by atoms with van der Waals surface area (Å²) in [6.07, 6.45) is -1.29. The van der Waals surface area contributed by atoms with Gasteiger partial charge in [-0.15, -0.1) is 13.2 Å². The number of rotatable bonds is 5. The smallest absolute Gasteiger partial charge is 0.316 e. The van der Waals surface area contributed by atoms with Gasteiger partial charge in [0.25, 0.3) is 0 Å². The summed E-state index contributed by atoms with van der Waals surface area (Å²) in [5.74, 6) is 0. The molecule has 7 heteroatoms. The first-order valence-electron chi connectivity index (χ1n) is 4.38. The lowest BCUT2D eigenvalue weighted by atomic mass is 10.4. The highest BCUT2D eigenvalue weighted by Crippen LogP contribution is 2.15. The van der Waals surface area contributed by atoms with Crippen molar-refractivity contribution in [1.29, 1.82) is 0 Å². The maximum Gasteiger partial charge on any atom is 0.522 e. The van der Waals surface area contributed by atoms with Gasteiger partial charge in [-0.05, 0) is 7.05 Å². The van der Waals surface area contributed by atoms with E-state index in [1.165, 1.54) is 4.68 Å². The maximum atomic E-state index is 11.6. The van der Waals surface area contributed by atoms with Crippen LogP contribution >= 0.6 is 0 Å². The minimum Gasteiger partial charge on any atom is -0.316 e. The zero-order chi connectivity index (χ0) is 11.3. The van der Waals surface area contributed by atoms with E-state index in [-0.39, 0.29) is 6.54 Å². The van der Waals surface area contributed by atoms with Crippen LogP contribution in [-0.2, 0) is 17.8 Å². The standard InChI is InChI=1S/C8H12F3N3O/c1-12-4-7-5-13-14(6-7)2-3-15-8(9,10)11/h5-6,12H,2-4H2,1H3. The molecule has 0 aliphatic carbocycles. The quantitative estimate of drug-likeness (QED) is 0.813. The molecule has 15 heavy (non-hydrogen) atoms. The molecule has 4 nitrogen and oxygen atoms in total. The van der Waals surface area contributed by atoms with E-state index in [0.717, 1.165) is 5.56 Å². The Bertz CT molecular complexity index is 298. The first-order chi connectivity index (χ1) is 7.01. The normalized spacial score (nSPS) is 12.0. The maximum absolute atomic E-state index is 11.6. The zero-order valence-corrected chi connectivity index (χ0v) is 8.21. The monoisotopic (exact) mass is 223 g/mol. The number of hydrogen-bond acceptors (Lipinski definition) is 3. The topological polar surface area (TPSA) is 39.1 Å². The fourth-order valence-electron chi connectivity index (χ4n) is 1.08. The molecule has 1 rings (SSSR count). The number of halogens is 3. The molecule has 0 atom stereocenters. The Kier molecular flexibility index (Phi) is 4.10. The molecular weight excluding hydrogens is 211 g/mol. The van der Waals surface area contributed by atoms with Crippen molar-refractivity contribution in [2.45, 2.75) is 19.5 Å². The first-order valence-corrected chi connectivity index (χ1v) is 4.38. The van der Waals surface area contributed by atoms with Crippen molar-refractivity contribution in [3.63, 3.8) is 0 Å². The SMILES string of the molecule is CNCc1cnn(CCOC(F)(F)F)c1. The van der Waals surface area contributed by atoms with Gasteiger partial charge in [-0.2, -0.15) is 5.10 Å². The highest BCUT2D eigenvalue weighted by molar-refractivity contribution is 5.02. The average Bonchev–Trinajstić information content (AvgIpc) is 2.51. The Balaban J connectivity index is 2.31. The fraction of sp³-hybridized carbons (Fsp3) is 0.625. The summed E-state index contributed by atoms with van der Waals surface area (Å²) in [4.78, 5) is 0. The van der Waals surface area contributed by atoms with Crippen molar-refractivity contribution in [2.24, 2.45) is 0 Å². The zero-order valence-electron chi connectivity index (χ0n) is 8.21. The first kappa shape index (κ1) is 12.0. The molecule has 0 amide bonds. The lowest BCUT2D eigenvalue weighted by Gasteiger charge is -2.06. The lowest BCUT2D eigenvalue weighted by molar-refractivity contribution is -0.325. The van der Waals surface area contributed by atoms with Crippen LogP contribution in [0.4, 0.5) is 13.2 Å². The van der Waals surface area contributed by atoms with Crippen LogP contribution in [0.15, 0.2) is 12.4 Å². The van der Waals surface area contributed by atoms with Crippen molar-refractivity contribution >= 4 is 0 Å². The second-order valence-electron chi connectivity index (χ2n) is 2.94. The van der Waals surface area contributed by atoms with Crippen molar-refractivity contribution in [3.8, 4) is 0 Å². The van der Waals surface area contributed by atoms with Gasteiger partial charge in [0.2, 0.25) is 0 Å². The third kappa shape index (κ3) is 4.80. The van der Waals surface area contributed by atoms with E-state index in [2.05, 4.69) is 15.2 Å². The van der Waals surface area contributed by atoms with Gasteiger partial charge in [0.15, 0.2) is 0 Å². The Morgan fingerprint density at radius 2 is 2.27 bits per heavy atom. The van der Waals surface area contributed by atoms with Crippen LogP contribution in [0.25, 0.3) is 0 Å². The van der Waals surface area contributed by atoms with Gasteiger partial charge in [-0.25, -0.2) is 0 Å². The summed E-state index contributed by atoms with van der Waals surface area (Å²) < 4.78 is 39.9. The van der Waals surface area contributed by atoms with Gasteiger partial charge < -0.3 is 5.32 Å². The molecule has 0 radical (unpaired) electrons. The van der Waals surface area contributed by atoms with E-state index in [4.69, 9.17) is 0 Å². The summed E-state index contributed by atoms with van der Waals surface area (Å²) in [5, 5.41) is 6.80. The molecule has 1 aromatic heterocycles. The number of ether oxygens (including phenoxy) is 1. The molecule has 0 fully saturated rings. The molecule has 0 aromatic carbocycles. The summed E-state index contributed by atoms with van der Waals surface area (Å²) in [7, 11) is 1.78. The van der Waals surface area contributed by atoms with Crippen LogP contribution in [-0.4, -0.2) is 29.8 Å². The van der Waals surface area contributed by atoms with E-state index < -0.39 is 13.0 Å². The lowest BCUT2D eigenvalue weighted by Crippen LogP contribution is -2.17. The van der Waals surface area contributed by atoms with Gasteiger partial charge in [0.05, 0.1) is 19.3 Å². The summed E-state index contributed by atoms with van der Waals surface area (Å²) in [6.45, 7) is 0.299. The van der Waals surface area contributed by atoms with Crippen molar-refractivity contribution in [3.05, 3.63) is 18.0 Å². The minimum atomic E-state index is -4.57. The molecule has 0 spiro atoms. The van der Waals surface area contributed by atoms with Crippen LogP contribution < -0.4 is 5.32 Å². The van der Waals surface area contributed by atoms with Crippen molar-refractivity contribution < 1.29 is 17.9 Å². The van der Waals surface area contributed by atoms with Gasteiger partial charge in [-0.3, -0.25) is 9.42 Å². The van der Waals surface area contributed by atoms with Crippen LogP contribution in [0.1, 0.15) is 5.56 Å². The van der Waals surface area contributed by atoms with Crippen molar-refractivity contribution in [1.82, 2.24) is 15.1 Å². The van der Waals surface area contributed by atoms with Crippen LogP contribution in [0.2, 0.25) is 0 Å². The third-order valence-corrected chi connectivity index (χ3v) is 1.65. The van der Waals surface area contributed by atoms with Gasteiger partial charge in [0.1, 0.15) is 0 Å². The van der Waals surface area contributed by atoms with E-state index in [1.54, 1.807) is 19.4 Å². The molecule has 0 aliphatic heterocycles. The fourth-order valence-corrected chi connectivity index (χ4v) is 1.08. The Morgan fingerprint density at radius 3 is 2.87 bits per heavy atom. The second-order valence-corrected chi connectivity index (χ2v) is 2.94. The number of aromatic nitrogens is 2. The molecule has 0 saturated carbocycles. The number of hydrogen-bond donors (Lipinski definition) is 1. The van der Waals surface area contributed by atoms with E-state index in [9.17, 15) is 13.2 Å². The second kappa shape index (κ2) is 5.13. The molecule has 0 unspecified atom stereocenters. The van der Waals surface area contributed by atoms with Crippen LogP contribution in [0.3, 0.4) is 0 Å². The van der Waals surface area contributed by atoms with Crippen LogP contribution in [0, 0.1) is 0 Å². The third-order valence-electron chi connectivity index (χ3n) is 1.65. The van der Waals surface area contributed by atoms with Crippen LogP contribution in [0.5, 0.6) is 0 Å².